The molecule has 1 N–H and O–H groups in total. The number of furan rings is 1. The Morgan fingerprint density at radius 3 is 2.59 bits per heavy atom. The molecule has 0 radical (unpaired) electrons. The number of anilines is 1. The topological polar surface area (TPSA) is 54.7 Å². The lowest BCUT2D eigenvalue weighted by Gasteiger charge is -2.32. The molecule has 29 heavy (non-hydrogen) atoms. The second-order valence-electron chi connectivity index (χ2n) is 7.95. The lowest BCUT2D eigenvalue weighted by Crippen LogP contribution is -2.32. The van der Waals surface area contributed by atoms with Crippen LogP contribution in [-0.2, 0) is 0 Å². The van der Waals surface area contributed by atoms with Crippen LogP contribution in [0.15, 0.2) is 52.9 Å². The molecule has 0 bridgehead atoms. The minimum atomic E-state index is -0.232. The van der Waals surface area contributed by atoms with Crippen LogP contribution < -0.4 is 15.0 Å². The molecule has 1 unspecified atom stereocenters. The highest BCUT2D eigenvalue weighted by Gasteiger charge is 2.19. The van der Waals surface area contributed by atoms with Crippen molar-refractivity contribution in [3.8, 4) is 5.75 Å². The van der Waals surface area contributed by atoms with E-state index in [1.165, 1.54) is 18.5 Å². The third-order valence-corrected chi connectivity index (χ3v) is 5.84. The summed E-state index contributed by atoms with van der Waals surface area (Å²) in [5.41, 5.74) is 2.91. The minimum absolute atomic E-state index is 0.118. The smallest absolute Gasteiger partial charge is 0.287 e. The molecule has 4 rings (SSSR count). The third-order valence-electron chi connectivity index (χ3n) is 5.84. The Balaban J connectivity index is 1.43. The van der Waals surface area contributed by atoms with E-state index in [0.717, 1.165) is 30.0 Å². The largest absolute Gasteiger partial charge is 0.493 e. The fourth-order valence-electron chi connectivity index (χ4n) is 3.90. The molecular weight excluding hydrogens is 364 g/mol. The third kappa shape index (κ3) is 4.09. The number of methoxy groups -OCH3 is 1. The highest BCUT2D eigenvalue weighted by Crippen LogP contribution is 2.29. The maximum Gasteiger partial charge on any atom is 0.287 e. The molecule has 1 aliphatic rings. The zero-order chi connectivity index (χ0) is 20.4. The van der Waals surface area contributed by atoms with E-state index in [1.54, 1.807) is 13.2 Å². The SMILES string of the molecule is COc1cccc2cc(C(=O)NC(C)c3ccc(N4CCC(C)CC4)cc3)oc12. The van der Waals surface area contributed by atoms with Crippen molar-refractivity contribution in [3.63, 3.8) is 0 Å². The summed E-state index contributed by atoms with van der Waals surface area (Å²) in [6.07, 6.45) is 2.49. The molecule has 1 amide bonds. The number of rotatable bonds is 5. The van der Waals surface area contributed by atoms with Gasteiger partial charge in [-0.15, -0.1) is 0 Å². The van der Waals surface area contributed by atoms with Gasteiger partial charge in [0.15, 0.2) is 17.1 Å². The number of hydrogen-bond acceptors (Lipinski definition) is 4. The van der Waals surface area contributed by atoms with Crippen molar-refractivity contribution in [3.05, 3.63) is 59.9 Å². The predicted octanol–water partition coefficient (Wildman–Crippen LogP) is 5.17. The van der Waals surface area contributed by atoms with E-state index in [2.05, 4.69) is 41.4 Å². The number of amides is 1. The molecule has 1 atom stereocenters. The summed E-state index contributed by atoms with van der Waals surface area (Å²) < 4.78 is 11.1. The number of piperidine rings is 1. The second-order valence-corrected chi connectivity index (χ2v) is 7.95. The van der Waals surface area contributed by atoms with Gasteiger partial charge in [-0.3, -0.25) is 4.79 Å². The van der Waals surface area contributed by atoms with Crippen LogP contribution >= 0.6 is 0 Å². The van der Waals surface area contributed by atoms with Crippen LogP contribution in [0.25, 0.3) is 11.0 Å². The number of carbonyl (C=O) groups excluding carboxylic acids is 1. The van der Waals surface area contributed by atoms with Crippen molar-refractivity contribution in [1.82, 2.24) is 5.32 Å². The molecule has 152 valence electrons. The van der Waals surface area contributed by atoms with Gasteiger partial charge in [-0.1, -0.05) is 31.2 Å². The van der Waals surface area contributed by atoms with Gasteiger partial charge in [0.05, 0.1) is 13.2 Å². The van der Waals surface area contributed by atoms with Crippen molar-refractivity contribution in [2.45, 2.75) is 32.7 Å². The van der Waals surface area contributed by atoms with Gasteiger partial charge in [-0.2, -0.15) is 0 Å². The Kier molecular flexibility index (Phi) is 5.47. The number of carbonyl (C=O) groups is 1. The zero-order valence-corrected chi connectivity index (χ0v) is 17.3. The first kappa shape index (κ1) is 19.4. The number of ether oxygens (including phenoxy) is 1. The Morgan fingerprint density at radius 1 is 1.17 bits per heavy atom. The first-order valence-electron chi connectivity index (χ1n) is 10.3. The van der Waals surface area contributed by atoms with E-state index in [4.69, 9.17) is 9.15 Å². The summed E-state index contributed by atoms with van der Waals surface area (Å²) in [6, 6.07) is 15.7. The number of fused-ring (bicyclic) bond motifs is 1. The maximum atomic E-state index is 12.7. The van der Waals surface area contributed by atoms with E-state index in [1.807, 2.05) is 25.1 Å². The lowest BCUT2D eigenvalue weighted by atomic mass is 9.98. The second kappa shape index (κ2) is 8.19. The van der Waals surface area contributed by atoms with Crippen molar-refractivity contribution in [2.75, 3.05) is 25.1 Å². The number of hydrogen-bond donors (Lipinski definition) is 1. The fourth-order valence-corrected chi connectivity index (χ4v) is 3.90. The molecule has 0 saturated carbocycles. The van der Waals surface area contributed by atoms with Crippen molar-refractivity contribution in [2.24, 2.45) is 5.92 Å². The molecule has 3 aromatic rings. The molecule has 1 aliphatic heterocycles. The van der Waals surface area contributed by atoms with Crippen LogP contribution in [0.1, 0.15) is 48.8 Å². The molecule has 0 spiro atoms. The zero-order valence-electron chi connectivity index (χ0n) is 17.3. The number of benzene rings is 2. The van der Waals surface area contributed by atoms with Crippen molar-refractivity contribution >= 4 is 22.6 Å². The molecule has 2 heterocycles. The summed E-state index contributed by atoms with van der Waals surface area (Å²) in [6.45, 7) is 6.53. The van der Waals surface area contributed by atoms with E-state index < -0.39 is 0 Å². The molecule has 2 aromatic carbocycles. The van der Waals surface area contributed by atoms with Crippen LogP contribution in [0.4, 0.5) is 5.69 Å². The van der Waals surface area contributed by atoms with Gasteiger partial charge in [0, 0.05) is 24.2 Å². The van der Waals surface area contributed by atoms with E-state index in [0.29, 0.717) is 11.3 Å². The number of para-hydroxylation sites is 1. The molecule has 5 nitrogen and oxygen atoms in total. The van der Waals surface area contributed by atoms with Gasteiger partial charge in [0.1, 0.15) is 0 Å². The highest BCUT2D eigenvalue weighted by molar-refractivity contribution is 5.97. The Hall–Kier alpha value is -2.95. The van der Waals surface area contributed by atoms with Crippen LogP contribution in [0.3, 0.4) is 0 Å². The normalized spacial score (nSPS) is 16.0. The van der Waals surface area contributed by atoms with Gasteiger partial charge < -0.3 is 19.4 Å². The van der Waals surface area contributed by atoms with Crippen LogP contribution in [0.5, 0.6) is 5.75 Å². The Labute approximate surface area is 171 Å². The molecule has 0 aliphatic carbocycles. The summed E-state index contributed by atoms with van der Waals surface area (Å²) in [4.78, 5) is 15.1. The standard InChI is InChI=1S/C24H28N2O3/c1-16-11-13-26(14-12-16)20-9-7-18(8-10-20)17(2)25-24(27)22-15-19-5-4-6-21(28-3)23(19)29-22/h4-10,15-17H,11-14H2,1-3H3,(H,25,27). The van der Waals surface area contributed by atoms with Crippen LogP contribution in [0, 0.1) is 5.92 Å². The average Bonchev–Trinajstić information content (AvgIpc) is 3.19. The molecule has 1 fully saturated rings. The Morgan fingerprint density at radius 2 is 1.90 bits per heavy atom. The highest BCUT2D eigenvalue weighted by atomic mass is 16.5. The minimum Gasteiger partial charge on any atom is -0.493 e. The summed E-state index contributed by atoms with van der Waals surface area (Å²) in [5.74, 6) is 1.50. The number of nitrogens with one attached hydrogen (secondary N) is 1. The maximum absolute atomic E-state index is 12.7. The molecule has 1 aromatic heterocycles. The van der Waals surface area contributed by atoms with E-state index in [9.17, 15) is 4.79 Å². The van der Waals surface area contributed by atoms with Crippen molar-refractivity contribution in [1.29, 1.82) is 0 Å². The summed E-state index contributed by atoms with van der Waals surface area (Å²) in [5, 5.41) is 3.88. The van der Waals surface area contributed by atoms with Gasteiger partial charge in [-0.05, 0) is 55.5 Å². The first-order valence-corrected chi connectivity index (χ1v) is 10.3. The molecule has 1 saturated heterocycles. The van der Waals surface area contributed by atoms with Crippen molar-refractivity contribution < 1.29 is 13.9 Å². The fraction of sp³-hybridized carbons (Fsp3) is 0.375. The van der Waals surface area contributed by atoms with Crippen LogP contribution in [0.2, 0.25) is 0 Å². The lowest BCUT2D eigenvalue weighted by molar-refractivity contribution is 0.0914. The van der Waals surface area contributed by atoms with Gasteiger partial charge in [0.2, 0.25) is 0 Å². The summed E-state index contributed by atoms with van der Waals surface area (Å²) in [7, 11) is 1.59. The molecular formula is C24H28N2O3. The van der Waals surface area contributed by atoms with Gasteiger partial charge in [0.25, 0.3) is 5.91 Å². The van der Waals surface area contributed by atoms with Gasteiger partial charge in [-0.25, -0.2) is 0 Å². The van der Waals surface area contributed by atoms with Crippen LogP contribution in [-0.4, -0.2) is 26.1 Å². The summed E-state index contributed by atoms with van der Waals surface area (Å²) >= 11 is 0. The predicted molar refractivity (Wildman–Crippen MR) is 116 cm³/mol. The average molecular weight is 392 g/mol. The van der Waals surface area contributed by atoms with E-state index in [-0.39, 0.29) is 17.7 Å². The Bertz CT molecular complexity index is 985. The van der Waals surface area contributed by atoms with E-state index >= 15 is 0 Å². The monoisotopic (exact) mass is 392 g/mol. The molecule has 5 heteroatoms. The number of nitrogens with zero attached hydrogens (tertiary/aromatic N) is 1. The van der Waals surface area contributed by atoms with Gasteiger partial charge >= 0.3 is 0 Å². The quantitative estimate of drug-likeness (QED) is 0.651. The first-order chi connectivity index (χ1) is 14.0.